The van der Waals surface area contributed by atoms with Crippen LogP contribution in [0.1, 0.15) is 49.4 Å². The van der Waals surface area contributed by atoms with E-state index in [9.17, 15) is 4.79 Å². The van der Waals surface area contributed by atoms with Gasteiger partial charge in [-0.3, -0.25) is 4.79 Å². The molecule has 0 unspecified atom stereocenters. The lowest BCUT2D eigenvalue weighted by Crippen LogP contribution is -2.35. The Balaban J connectivity index is 2.15. The van der Waals surface area contributed by atoms with Crippen molar-refractivity contribution in [1.82, 2.24) is 9.88 Å². The molecule has 0 aromatic carbocycles. The second-order valence-corrected chi connectivity index (χ2v) is 5.74. The molecule has 0 aliphatic heterocycles. The highest BCUT2D eigenvalue weighted by atomic mass is 35.5. The van der Waals surface area contributed by atoms with Gasteiger partial charge in [0.25, 0.3) is 5.91 Å². The van der Waals surface area contributed by atoms with Crippen molar-refractivity contribution >= 4 is 23.3 Å². The Morgan fingerprint density at radius 2 is 2.20 bits per heavy atom. The van der Waals surface area contributed by atoms with Crippen LogP contribution >= 0.6 is 11.6 Å². The molecule has 110 valence electrons. The first-order chi connectivity index (χ1) is 9.63. The number of halogens is 1. The van der Waals surface area contributed by atoms with E-state index >= 15 is 0 Å². The van der Waals surface area contributed by atoms with Crippen molar-refractivity contribution in [3.63, 3.8) is 0 Å². The highest BCUT2D eigenvalue weighted by molar-refractivity contribution is 6.33. The third-order valence-corrected chi connectivity index (χ3v) is 4.14. The Bertz CT molecular complexity index is 472. The molecule has 1 aliphatic carbocycles. The predicted octanol–water partition coefficient (Wildman–Crippen LogP) is 3.57. The monoisotopic (exact) mass is 295 g/mol. The number of nitrogens with zero attached hydrogens (tertiary/aromatic N) is 2. The molecule has 20 heavy (non-hydrogen) atoms. The van der Waals surface area contributed by atoms with Gasteiger partial charge >= 0.3 is 0 Å². The molecule has 0 atom stereocenters. The minimum Gasteiger partial charge on any atom is -0.370 e. The minimum absolute atomic E-state index is 0.0103. The summed E-state index contributed by atoms with van der Waals surface area (Å²) in [6.45, 7) is 2.92. The highest BCUT2D eigenvalue weighted by Crippen LogP contribution is 2.26. The molecule has 1 N–H and O–H groups in total. The summed E-state index contributed by atoms with van der Waals surface area (Å²) in [5, 5.41) is 3.60. The molecule has 1 aromatic heterocycles. The fraction of sp³-hybridized carbons (Fsp3) is 0.600. The van der Waals surface area contributed by atoms with E-state index in [-0.39, 0.29) is 5.91 Å². The number of hydrogen-bond donors (Lipinski definition) is 1. The molecule has 2 rings (SSSR count). The zero-order valence-electron chi connectivity index (χ0n) is 12.2. The van der Waals surface area contributed by atoms with Gasteiger partial charge in [0.15, 0.2) is 0 Å². The van der Waals surface area contributed by atoms with E-state index in [1.165, 1.54) is 12.8 Å². The number of amides is 1. The maximum absolute atomic E-state index is 12.6. The van der Waals surface area contributed by atoms with Crippen molar-refractivity contribution in [2.75, 3.05) is 18.9 Å². The number of hydrogen-bond acceptors (Lipinski definition) is 3. The van der Waals surface area contributed by atoms with E-state index in [4.69, 9.17) is 11.6 Å². The second kappa shape index (κ2) is 6.93. The molecule has 0 bridgehead atoms. The van der Waals surface area contributed by atoms with Crippen LogP contribution in [0.4, 0.5) is 5.82 Å². The predicted molar refractivity (Wildman–Crippen MR) is 82.4 cm³/mol. The smallest absolute Gasteiger partial charge is 0.255 e. The Morgan fingerprint density at radius 1 is 1.50 bits per heavy atom. The molecule has 4 nitrogen and oxygen atoms in total. The zero-order valence-corrected chi connectivity index (χ0v) is 12.9. The Labute approximate surface area is 125 Å². The first-order valence-electron chi connectivity index (χ1n) is 7.30. The van der Waals surface area contributed by atoms with Gasteiger partial charge in [-0.2, -0.15) is 0 Å². The summed E-state index contributed by atoms with van der Waals surface area (Å²) in [5.41, 5.74) is 0.537. The maximum Gasteiger partial charge on any atom is 0.255 e. The summed E-state index contributed by atoms with van der Waals surface area (Å²) in [6.07, 6.45) is 7.15. The van der Waals surface area contributed by atoms with Crippen molar-refractivity contribution in [1.29, 1.82) is 0 Å². The molecule has 1 aromatic rings. The number of nitrogens with one attached hydrogen (secondary N) is 1. The van der Waals surface area contributed by atoms with Crippen LogP contribution < -0.4 is 5.32 Å². The largest absolute Gasteiger partial charge is 0.370 e. The van der Waals surface area contributed by atoms with Crippen molar-refractivity contribution in [3.8, 4) is 0 Å². The van der Waals surface area contributed by atoms with Gasteiger partial charge in [0.2, 0.25) is 0 Å². The first-order valence-corrected chi connectivity index (χ1v) is 7.68. The quantitative estimate of drug-likeness (QED) is 0.903. The average Bonchev–Trinajstić information content (AvgIpc) is 2.99. The van der Waals surface area contributed by atoms with Gasteiger partial charge < -0.3 is 10.2 Å². The molecule has 1 amide bonds. The van der Waals surface area contributed by atoms with Crippen LogP contribution in [0, 0.1) is 0 Å². The van der Waals surface area contributed by atoms with Crippen LogP contribution in [0.25, 0.3) is 0 Å². The van der Waals surface area contributed by atoms with Crippen LogP contribution in [-0.2, 0) is 0 Å². The number of aromatic nitrogens is 1. The lowest BCUT2D eigenvalue weighted by atomic mass is 10.1. The zero-order chi connectivity index (χ0) is 14.5. The van der Waals surface area contributed by atoms with Crippen LogP contribution in [0.3, 0.4) is 0 Å². The van der Waals surface area contributed by atoms with Crippen LogP contribution in [0.15, 0.2) is 12.3 Å². The molecular formula is C15H22ClN3O. The van der Waals surface area contributed by atoms with E-state index < -0.39 is 0 Å². The Hall–Kier alpha value is -1.29. The lowest BCUT2D eigenvalue weighted by Gasteiger charge is -2.24. The third-order valence-electron chi connectivity index (χ3n) is 3.83. The molecule has 5 heteroatoms. The first kappa shape index (κ1) is 15.1. The normalized spacial score (nSPS) is 15.3. The fourth-order valence-corrected chi connectivity index (χ4v) is 2.78. The number of carbonyl (C=O) groups excluding carboxylic acids is 1. The third kappa shape index (κ3) is 3.42. The Kier molecular flexibility index (Phi) is 5.24. The van der Waals surface area contributed by atoms with E-state index in [1.807, 2.05) is 11.9 Å². The average molecular weight is 296 g/mol. The summed E-state index contributed by atoms with van der Waals surface area (Å²) in [5.74, 6) is 0.697. The molecule has 1 saturated carbocycles. The van der Waals surface area contributed by atoms with Gasteiger partial charge in [0, 0.05) is 25.8 Å². The topological polar surface area (TPSA) is 45.2 Å². The van der Waals surface area contributed by atoms with Gasteiger partial charge in [-0.25, -0.2) is 4.98 Å². The lowest BCUT2D eigenvalue weighted by molar-refractivity contribution is 0.0735. The summed E-state index contributed by atoms with van der Waals surface area (Å²) >= 11 is 6.14. The van der Waals surface area contributed by atoms with Crippen molar-refractivity contribution in [3.05, 3.63) is 22.8 Å². The fourth-order valence-electron chi connectivity index (χ4n) is 2.60. The van der Waals surface area contributed by atoms with E-state index in [0.717, 1.165) is 25.8 Å². The second-order valence-electron chi connectivity index (χ2n) is 5.33. The van der Waals surface area contributed by atoms with E-state index in [2.05, 4.69) is 17.2 Å². The minimum atomic E-state index is -0.0103. The van der Waals surface area contributed by atoms with Gasteiger partial charge in [-0.15, -0.1) is 0 Å². The summed E-state index contributed by atoms with van der Waals surface area (Å²) in [4.78, 5) is 18.6. The number of rotatable bonds is 5. The molecular weight excluding hydrogens is 274 g/mol. The van der Waals surface area contributed by atoms with Gasteiger partial charge in [-0.05, 0) is 25.3 Å². The molecule has 1 aliphatic rings. The van der Waals surface area contributed by atoms with Gasteiger partial charge in [0.1, 0.15) is 5.82 Å². The van der Waals surface area contributed by atoms with Crippen LogP contribution in [0.2, 0.25) is 5.02 Å². The summed E-state index contributed by atoms with van der Waals surface area (Å²) in [6, 6.07) is 2.10. The molecule has 1 heterocycles. The van der Waals surface area contributed by atoms with Crippen molar-refractivity contribution in [2.24, 2.45) is 0 Å². The standard InChI is InChI=1S/C15H22ClN3O/c1-3-8-17-14-9-12(13(16)10-18-14)15(20)19(2)11-6-4-5-7-11/h9-11H,3-8H2,1-2H3,(H,17,18). The Morgan fingerprint density at radius 3 is 2.85 bits per heavy atom. The summed E-state index contributed by atoms with van der Waals surface area (Å²) in [7, 11) is 1.87. The number of anilines is 1. The van der Waals surface area contributed by atoms with Crippen LogP contribution in [0.5, 0.6) is 0 Å². The van der Waals surface area contributed by atoms with E-state index in [1.54, 1.807) is 12.3 Å². The maximum atomic E-state index is 12.6. The highest BCUT2D eigenvalue weighted by Gasteiger charge is 2.25. The van der Waals surface area contributed by atoms with Crippen molar-refractivity contribution < 1.29 is 4.79 Å². The molecule has 0 radical (unpaired) electrons. The number of carbonyl (C=O) groups is 1. The van der Waals surface area contributed by atoms with Crippen molar-refractivity contribution in [2.45, 2.75) is 45.1 Å². The van der Waals surface area contributed by atoms with E-state index in [0.29, 0.717) is 22.4 Å². The SMILES string of the molecule is CCCNc1cc(C(=O)N(C)C2CCCC2)c(Cl)cn1. The summed E-state index contributed by atoms with van der Waals surface area (Å²) < 4.78 is 0. The van der Waals surface area contributed by atoms with Gasteiger partial charge in [0.05, 0.1) is 10.6 Å². The van der Waals surface area contributed by atoms with Crippen LogP contribution in [-0.4, -0.2) is 35.4 Å². The molecule has 1 fully saturated rings. The molecule has 0 spiro atoms. The van der Waals surface area contributed by atoms with Gasteiger partial charge in [-0.1, -0.05) is 31.4 Å². The molecule has 0 saturated heterocycles. The number of pyridine rings is 1.